The Morgan fingerprint density at radius 2 is 2.29 bits per heavy atom. The van der Waals surface area contributed by atoms with Gasteiger partial charge in [0.25, 0.3) is 0 Å². The molecule has 1 aliphatic rings. The molecule has 1 atom stereocenters. The molecule has 0 saturated carbocycles. The van der Waals surface area contributed by atoms with Gasteiger partial charge in [-0.2, -0.15) is 5.10 Å². The summed E-state index contributed by atoms with van der Waals surface area (Å²) in [5.41, 5.74) is 1.09. The maximum atomic E-state index is 4.29. The van der Waals surface area contributed by atoms with Crippen LogP contribution >= 0.6 is 0 Å². The van der Waals surface area contributed by atoms with Gasteiger partial charge >= 0.3 is 0 Å². The highest BCUT2D eigenvalue weighted by atomic mass is 15.2. The van der Waals surface area contributed by atoms with Gasteiger partial charge in [0.1, 0.15) is 0 Å². The average molecular weight is 234 g/mol. The normalized spacial score (nSPS) is 19.5. The Bertz CT molecular complexity index is 330. The summed E-state index contributed by atoms with van der Waals surface area (Å²) >= 11 is 0. The first-order valence-corrected chi connectivity index (χ1v) is 6.54. The van der Waals surface area contributed by atoms with Gasteiger partial charge in [-0.3, -0.25) is 0 Å². The predicted octanol–water partition coefficient (Wildman–Crippen LogP) is 1.47. The van der Waals surface area contributed by atoms with E-state index < -0.39 is 0 Å². The number of hydrogen-bond acceptors (Lipinski definition) is 4. The van der Waals surface area contributed by atoms with Gasteiger partial charge in [-0.15, -0.1) is 5.10 Å². The smallest absolute Gasteiger partial charge is 0.150 e. The Labute approximate surface area is 103 Å². The van der Waals surface area contributed by atoms with E-state index in [0.29, 0.717) is 0 Å². The molecule has 1 aromatic rings. The standard InChI is InChI=1S/C13H22N4/c1-3-4-12-5-6-13(16-15-12)17(2)10-11-7-8-14-9-11/h5-6,11,14H,3-4,7-10H2,1-2H3. The second kappa shape index (κ2) is 5.96. The van der Waals surface area contributed by atoms with Crippen LogP contribution in [0.15, 0.2) is 12.1 Å². The molecule has 2 rings (SSSR count). The number of aryl methyl sites for hydroxylation is 1. The number of anilines is 1. The van der Waals surface area contributed by atoms with Crippen LogP contribution in [-0.2, 0) is 6.42 Å². The summed E-state index contributed by atoms with van der Waals surface area (Å²) in [4.78, 5) is 2.21. The molecule has 1 unspecified atom stereocenters. The van der Waals surface area contributed by atoms with Crippen molar-refractivity contribution in [3.63, 3.8) is 0 Å². The van der Waals surface area contributed by atoms with Crippen LogP contribution in [0.4, 0.5) is 5.82 Å². The Hall–Kier alpha value is -1.16. The summed E-state index contributed by atoms with van der Waals surface area (Å²) in [5, 5.41) is 11.9. The minimum absolute atomic E-state index is 0.747. The third kappa shape index (κ3) is 3.40. The van der Waals surface area contributed by atoms with Gasteiger partial charge in [-0.05, 0) is 44.0 Å². The Balaban J connectivity index is 1.91. The maximum Gasteiger partial charge on any atom is 0.150 e. The van der Waals surface area contributed by atoms with Crippen LogP contribution < -0.4 is 10.2 Å². The highest BCUT2D eigenvalue weighted by molar-refractivity contribution is 5.36. The fraction of sp³-hybridized carbons (Fsp3) is 0.692. The van der Waals surface area contributed by atoms with E-state index in [0.717, 1.165) is 49.9 Å². The molecule has 0 radical (unpaired) electrons. The predicted molar refractivity (Wildman–Crippen MR) is 70.3 cm³/mol. The number of aromatic nitrogens is 2. The lowest BCUT2D eigenvalue weighted by Crippen LogP contribution is -2.27. The molecule has 4 heteroatoms. The Morgan fingerprint density at radius 3 is 2.88 bits per heavy atom. The third-order valence-corrected chi connectivity index (χ3v) is 3.30. The summed E-state index contributed by atoms with van der Waals surface area (Å²) in [7, 11) is 2.10. The zero-order chi connectivity index (χ0) is 12.1. The van der Waals surface area contributed by atoms with Crippen molar-refractivity contribution in [3.05, 3.63) is 17.8 Å². The van der Waals surface area contributed by atoms with Gasteiger partial charge in [0.05, 0.1) is 5.69 Å². The highest BCUT2D eigenvalue weighted by Gasteiger charge is 2.17. The number of nitrogens with zero attached hydrogens (tertiary/aromatic N) is 3. The monoisotopic (exact) mass is 234 g/mol. The van der Waals surface area contributed by atoms with Gasteiger partial charge in [0.15, 0.2) is 5.82 Å². The molecule has 0 spiro atoms. The van der Waals surface area contributed by atoms with E-state index in [1.807, 2.05) is 0 Å². The van der Waals surface area contributed by atoms with Crippen LogP contribution in [0, 0.1) is 5.92 Å². The second-order valence-corrected chi connectivity index (χ2v) is 4.87. The van der Waals surface area contributed by atoms with Crippen LogP contribution in [0.1, 0.15) is 25.5 Å². The van der Waals surface area contributed by atoms with Crippen LogP contribution in [0.5, 0.6) is 0 Å². The molecular weight excluding hydrogens is 212 g/mol. The van der Waals surface area contributed by atoms with Crippen LogP contribution in [0.25, 0.3) is 0 Å². The topological polar surface area (TPSA) is 41.0 Å². The van der Waals surface area contributed by atoms with Crippen molar-refractivity contribution >= 4 is 5.82 Å². The molecule has 94 valence electrons. The van der Waals surface area contributed by atoms with Crippen molar-refractivity contribution in [2.75, 3.05) is 31.6 Å². The van der Waals surface area contributed by atoms with Crippen molar-refractivity contribution in [2.45, 2.75) is 26.2 Å². The molecular formula is C13H22N4. The lowest BCUT2D eigenvalue weighted by molar-refractivity contribution is 0.574. The molecule has 1 aliphatic heterocycles. The number of hydrogen-bond donors (Lipinski definition) is 1. The SMILES string of the molecule is CCCc1ccc(N(C)CC2CCNC2)nn1. The quantitative estimate of drug-likeness (QED) is 0.838. The Kier molecular flexibility index (Phi) is 4.31. The van der Waals surface area contributed by atoms with E-state index in [2.05, 4.69) is 46.5 Å². The molecule has 1 aromatic heterocycles. The molecule has 4 nitrogen and oxygen atoms in total. The van der Waals surface area contributed by atoms with Crippen molar-refractivity contribution in [2.24, 2.45) is 5.92 Å². The van der Waals surface area contributed by atoms with Gasteiger partial charge in [0, 0.05) is 13.6 Å². The van der Waals surface area contributed by atoms with Crippen molar-refractivity contribution in [1.29, 1.82) is 0 Å². The Morgan fingerprint density at radius 1 is 1.41 bits per heavy atom. The van der Waals surface area contributed by atoms with Crippen LogP contribution in [0.2, 0.25) is 0 Å². The molecule has 2 heterocycles. The lowest BCUT2D eigenvalue weighted by atomic mass is 10.1. The van der Waals surface area contributed by atoms with E-state index in [4.69, 9.17) is 0 Å². The van der Waals surface area contributed by atoms with Gasteiger partial charge in [0.2, 0.25) is 0 Å². The summed E-state index contributed by atoms with van der Waals surface area (Å²) in [6, 6.07) is 4.18. The molecule has 1 N–H and O–H groups in total. The maximum absolute atomic E-state index is 4.29. The molecule has 0 amide bonds. The van der Waals surface area contributed by atoms with Crippen molar-refractivity contribution in [1.82, 2.24) is 15.5 Å². The van der Waals surface area contributed by atoms with E-state index in [9.17, 15) is 0 Å². The number of nitrogens with one attached hydrogen (secondary N) is 1. The summed E-state index contributed by atoms with van der Waals surface area (Å²) in [6.07, 6.45) is 3.41. The van der Waals surface area contributed by atoms with Crippen LogP contribution in [0.3, 0.4) is 0 Å². The fourth-order valence-corrected chi connectivity index (χ4v) is 2.30. The minimum atomic E-state index is 0.747. The zero-order valence-corrected chi connectivity index (χ0v) is 10.8. The lowest BCUT2D eigenvalue weighted by Gasteiger charge is -2.21. The van der Waals surface area contributed by atoms with Crippen molar-refractivity contribution in [3.8, 4) is 0 Å². The summed E-state index contributed by atoms with van der Waals surface area (Å²) in [6.45, 7) is 5.51. The van der Waals surface area contributed by atoms with Gasteiger partial charge in [-0.1, -0.05) is 13.3 Å². The molecule has 1 saturated heterocycles. The first kappa shape index (κ1) is 12.3. The highest BCUT2D eigenvalue weighted by Crippen LogP contribution is 2.14. The van der Waals surface area contributed by atoms with Gasteiger partial charge in [-0.25, -0.2) is 0 Å². The fourth-order valence-electron chi connectivity index (χ4n) is 2.30. The van der Waals surface area contributed by atoms with Gasteiger partial charge < -0.3 is 10.2 Å². The minimum Gasteiger partial charge on any atom is -0.358 e. The third-order valence-electron chi connectivity index (χ3n) is 3.30. The molecule has 0 aromatic carbocycles. The molecule has 1 fully saturated rings. The molecule has 0 bridgehead atoms. The van der Waals surface area contributed by atoms with E-state index in [-0.39, 0.29) is 0 Å². The first-order valence-electron chi connectivity index (χ1n) is 6.54. The van der Waals surface area contributed by atoms with Crippen molar-refractivity contribution < 1.29 is 0 Å². The molecule has 17 heavy (non-hydrogen) atoms. The van der Waals surface area contributed by atoms with E-state index in [1.54, 1.807) is 0 Å². The van der Waals surface area contributed by atoms with E-state index >= 15 is 0 Å². The second-order valence-electron chi connectivity index (χ2n) is 4.87. The largest absolute Gasteiger partial charge is 0.358 e. The first-order chi connectivity index (χ1) is 8.29. The molecule has 0 aliphatic carbocycles. The van der Waals surface area contributed by atoms with Crippen LogP contribution in [-0.4, -0.2) is 36.9 Å². The number of rotatable bonds is 5. The average Bonchev–Trinajstić information content (AvgIpc) is 2.83. The summed E-state index contributed by atoms with van der Waals surface area (Å²) < 4.78 is 0. The van der Waals surface area contributed by atoms with E-state index in [1.165, 1.54) is 6.42 Å². The summed E-state index contributed by atoms with van der Waals surface area (Å²) in [5.74, 6) is 1.73. The zero-order valence-electron chi connectivity index (χ0n) is 10.8.